The second kappa shape index (κ2) is 10.1. The summed E-state index contributed by atoms with van der Waals surface area (Å²) >= 11 is 0. The van der Waals surface area contributed by atoms with Crippen LogP contribution in [0.15, 0.2) is 53.5 Å². The first-order chi connectivity index (χ1) is 11.1. The number of nitrogens with one attached hydrogen (secondary N) is 1. The lowest BCUT2D eigenvalue weighted by Gasteiger charge is -2.22. The van der Waals surface area contributed by atoms with E-state index in [1.807, 2.05) is 42.3 Å². The van der Waals surface area contributed by atoms with E-state index >= 15 is 0 Å². The number of methoxy groups -OCH3 is 1. The van der Waals surface area contributed by atoms with Crippen molar-refractivity contribution in [2.45, 2.75) is 13.1 Å². The third kappa shape index (κ3) is 5.99. The number of hydrogen-bond donors (Lipinski definition) is 1. The largest absolute Gasteiger partial charge is 0.497 e. The Kier molecular flexibility index (Phi) is 8.53. The Morgan fingerprint density at radius 2 is 1.88 bits per heavy atom. The molecule has 1 N–H and O–H groups in total. The highest BCUT2D eigenvalue weighted by atomic mass is 127. The van der Waals surface area contributed by atoms with Crippen LogP contribution in [-0.4, -0.2) is 32.1 Å². The summed E-state index contributed by atoms with van der Waals surface area (Å²) in [4.78, 5) is 6.23. The minimum Gasteiger partial charge on any atom is -0.497 e. The van der Waals surface area contributed by atoms with Crippen molar-refractivity contribution in [2.75, 3.05) is 21.2 Å². The number of benzene rings is 2. The minimum absolute atomic E-state index is 0. The number of ether oxygens (including phenoxy) is 1. The predicted octanol–water partition coefficient (Wildman–Crippen LogP) is 3.66. The molecule has 4 nitrogen and oxygen atoms in total. The summed E-state index contributed by atoms with van der Waals surface area (Å²) in [6.07, 6.45) is 0. The SMILES string of the molecule is CN=C(NCc1ccc(OC)cc1)N(C)Cc1cccc(F)c1.I. The summed E-state index contributed by atoms with van der Waals surface area (Å²) in [7, 11) is 5.31. The van der Waals surface area contributed by atoms with Crippen LogP contribution in [0.2, 0.25) is 0 Å². The van der Waals surface area contributed by atoms with E-state index in [0.29, 0.717) is 13.1 Å². The first-order valence-corrected chi connectivity index (χ1v) is 7.41. The van der Waals surface area contributed by atoms with Crippen LogP contribution in [0.5, 0.6) is 5.75 Å². The molecule has 0 aliphatic heterocycles. The first kappa shape index (κ1) is 20.2. The normalized spacial score (nSPS) is 10.8. The average molecular weight is 443 g/mol. The number of halogens is 2. The number of aliphatic imine (C=N–C) groups is 1. The molecule has 0 heterocycles. The van der Waals surface area contributed by atoms with Gasteiger partial charge in [-0.15, -0.1) is 24.0 Å². The van der Waals surface area contributed by atoms with Gasteiger partial charge >= 0.3 is 0 Å². The van der Waals surface area contributed by atoms with Gasteiger partial charge in [0.2, 0.25) is 0 Å². The van der Waals surface area contributed by atoms with Crippen molar-refractivity contribution in [1.29, 1.82) is 0 Å². The Hall–Kier alpha value is -1.83. The third-order valence-electron chi connectivity index (χ3n) is 3.49. The summed E-state index contributed by atoms with van der Waals surface area (Å²) in [5.41, 5.74) is 2.03. The molecule has 130 valence electrons. The number of hydrogen-bond acceptors (Lipinski definition) is 2. The Labute approximate surface area is 159 Å². The van der Waals surface area contributed by atoms with Crippen molar-refractivity contribution in [3.63, 3.8) is 0 Å². The molecule has 2 aromatic carbocycles. The van der Waals surface area contributed by atoms with Gasteiger partial charge < -0.3 is 15.0 Å². The smallest absolute Gasteiger partial charge is 0.193 e. The van der Waals surface area contributed by atoms with Crippen molar-refractivity contribution in [3.05, 3.63) is 65.5 Å². The lowest BCUT2D eigenvalue weighted by molar-refractivity contribution is 0.414. The minimum atomic E-state index is -0.225. The highest BCUT2D eigenvalue weighted by Gasteiger charge is 2.07. The molecular formula is C18H23FIN3O. The number of guanidine groups is 1. The van der Waals surface area contributed by atoms with Crippen LogP contribution in [0.25, 0.3) is 0 Å². The third-order valence-corrected chi connectivity index (χ3v) is 3.49. The Bertz CT molecular complexity index is 662. The van der Waals surface area contributed by atoms with E-state index in [9.17, 15) is 4.39 Å². The van der Waals surface area contributed by atoms with E-state index in [0.717, 1.165) is 22.8 Å². The predicted molar refractivity (Wildman–Crippen MR) is 106 cm³/mol. The van der Waals surface area contributed by atoms with Gasteiger partial charge in [-0.2, -0.15) is 0 Å². The Morgan fingerprint density at radius 3 is 2.46 bits per heavy atom. The zero-order valence-electron chi connectivity index (χ0n) is 14.1. The second-order valence-corrected chi connectivity index (χ2v) is 5.23. The summed E-state index contributed by atoms with van der Waals surface area (Å²) in [6.45, 7) is 1.24. The molecule has 24 heavy (non-hydrogen) atoms. The quantitative estimate of drug-likeness (QED) is 0.436. The Balaban J connectivity index is 0.00000288. The Morgan fingerprint density at radius 1 is 1.17 bits per heavy atom. The van der Waals surface area contributed by atoms with Gasteiger partial charge in [-0.3, -0.25) is 4.99 Å². The molecule has 0 fully saturated rings. The van der Waals surface area contributed by atoms with Crippen LogP contribution in [0.4, 0.5) is 4.39 Å². The molecule has 0 unspecified atom stereocenters. The molecule has 6 heteroatoms. The lowest BCUT2D eigenvalue weighted by atomic mass is 10.2. The zero-order valence-corrected chi connectivity index (χ0v) is 16.5. The van der Waals surface area contributed by atoms with E-state index in [4.69, 9.17) is 4.74 Å². The van der Waals surface area contributed by atoms with Crippen LogP contribution in [-0.2, 0) is 13.1 Å². The molecule has 0 bridgehead atoms. The maximum atomic E-state index is 13.3. The van der Waals surface area contributed by atoms with Gasteiger partial charge in [0.25, 0.3) is 0 Å². The average Bonchev–Trinajstić information content (AvgIpc) is 2.56. The number of nitrogens with zero attached hydrogens (tertiary/aromatic N) is 2. The van der Waals surface area contributed by atoms with Crippen molar-refractivity contribution in [3.8, 4) is 5.75 Å². The summed E-state index contributed by atoms with van der Waals surface area (Å²) in [5, 5.41) is 3.30. The van der Waals surface area contributed by atoms with Crippen molar-refractivity contribution < 1.29 is 9.13 Å². The van der Waals surface area contributed by atoms with Gasteiger partial charge in [-0.25, -0.2) is 4.39 Å². The highest BCUT2D eigenvalue weighted by molar-refractivity contribution is 14.0. The molecule has 0 spiro atoms. The van der Waals surface area contributed by atoms with E-state index in [-0.39, 0.29) is 29.8 Å². The molecule has 2 aromatic rings. The molecular weight excluding hydrogens is 420 g/mol. The standard InChI is InChI=1S/C18H22FN3O.HI/c1-20-18(21-12-14-7-9-17(23-3)10-8-14)22(2)13-15-5-4-6-16(19)11-15;/h4-11H,12-13H2,1-3H3,(H,20,21);1H. The monoisotopic (exact) mass is 443 g/mol. The summed E-state index contributed by atoms with van der Waals surface area (Å²) in [5.74, 6) is 1.36. The molecule has 2 rings (SSSR count). The van der Waals surface area contributed by atoms with E-state index in [1.54, 1.807) is 20.2 Å². The molecule has 0 saturated heterocycles. The lowest BCUT2D eigenvalue weighted by Crippen LogP contribution is -2.38. The summed E-state index contributed by atoms with van der Waals surface area (Å²) in [6, 6.07) is 14.5. The fourth-order valence-corrected chi connectivity index (χ4v) is 2.29. The van der Waals surface area contributed by atoms with Gasteiger partial charge in [-0.1, -0.05) is 24.3 Å². The molecule has 0 amide bonds. The van der Waals surface area contributed by atoms with Gasteiger partial charge in [-0.05, 0) is 35.4 Å². The molecule has 0 aromatic heterocycles. The van der Waals surface area contributed by atoms with Crippen molar-refractivity contribution >= 4 is 29.9 Å². The maximum Gasteiger partial charge on any atom is 0.193 e. The van der Waals surface area contributed by atoms with Gasteiger partial charge in [0.05, 0.1) is 7.11 Å². The van der Waals surface area contributed by atoms with E-state index < -0.39 is 0 Å². The van der Waals surface area contributed by atoms with Gasteiger partial charge in [0, 0.05) is 27.2 Å². The van der Waals surface area contributed by atoms with Crippen LogP contribution >= 0.6 is 24.0 Å². The fourth-order valence-electron chi connectivity index (χ4n) is 2.29. The van der Waals surface area contributed by atoms with Crippen LogP contribution in [0, 0.1) is 5.82 Å². The van der Waals surface area contributed by atoms with Crippen LogP contribution in [0.3, 0.4) is 0 Å². The zero-order chi connectivity index (χ0) is 16.7. The molecule has 0 aliphatic carbocycles. The topological polar surface area (TPSA) is 36.9 Å². The van der Waals surface area contributed by atoms with Crippen LogP contribution < -0.4 is 10.1 Å². The van der Waals surface area contributed by atoms with E-state index in [2.05, 4.69) is 10.3 Å². The highest BCUT2D eigenvalue weighted by Crippen LogP contribution is 2.11. The van der Waals surface area contributed by atoms with Gasteiger partial charge in [0.15, 0.2) is 5.96 Å². The van der Waals surface area contributed by atoms with Crippen molar-refractivity contribution in [2.24, 2.45) is 4.99 Å². The van der Waals surface area contributed by atoms with Crippen molar-refractivity contribution in [1.82, 2.24) is 10.2 Å². The van der Waals surface area contributed by atoms with Crippen LogP contribution in [0.1, 0.15) is 11.1 Å². The fraction of sp³-hybridized carbons (Fsp3) is 0.278. The molecule has 0 aliphatic rings. The van der Waals surface area contributed by atoms with Gasteiger partial charge in [0.1, 0.15) is 11.6 Å². The van der Waals surface area contributed by atoms with E-state index in [1.165, 1.54) is 12.1 Å². The first-order valence-electron chi connectivity index (χ1n) is 7.41. The summed E-state index contributed by atoms with van der Waals surface area (Å²) < 4.78 is 18.4. The maximum absolute atomic E-state index is 13.3. The molecule has 0 radical (unpaired) electrons. The molecule has 0 atom stereocenters. The second-order valence-electron chi connectivity index (χ2n) is 5.23. The number of rotatable bonds is 5. The molecule has 0 saturated carbocycles.